The number of benzene rings is 9. The van der Waals surface area contributed by atoms with Gasteiger partial charge in [0.15, 0.2) is 0 Å². The molecule has 0 radical (unpaired) electrons. The summed E-state index contributed by atoms with van der Waals surface area (Å²) in [5, 5.41) is 7.20. The summed E-state index contributed by atoms with van der Waals surface area (Å²) in [5.41, 5.74) is 15.0. The molecule has 2 aromatic heterocycles. The maximum atomic E-state index is 6.37. The Morgan fingerprint density at radius 2 is 1.18 bits per heavy atom. The van der Waals surface area contributed by atoms with Crippen LogP contribution in [-0.4, -0.2) is 0 Å². The van der Waals surface area contributed by atoms with E-state index in [1.54, 1.807) is 0 Å². The van der Waals surface area contributed by atoms with Gasteiger partial charge in [-0.05, 0) is 140 Å². The van der Waals surface area contributed by atoms with Gasteiger partial charge < -0.3 is 9.32 Å². The van der Waals surface area contributed by atoms with Crippen molar-refractivity contribution in [3.05, 3.63) is 218 Å². The quantitative estimate of drug-likeness (QED) is 0.159. The monoisotopic (exact) mass is 811 g/mol. The van der Waals surface area contributed by atoms with Crippen LogP contribution in [0.1, 0.15) is 18.9 Å². The predicted molar refractivity (Wildman–Crippen MR) is 266 cm³/mol. The zero-order valence-corrected chi connectivity index (χ0v) is 35.1. The maximum absolute atomic E-state index is 6.37. The smallest absolute Gasteiger partial charge is 0.135 e. The molecule has 2 heterocycles. The molecular weight excluding hydrogens is 771 g/mol. The van der Waals surface area contributed by atoms with E-state index >= 15 is 0 Å². The van der Waals surface area contributed by atoms with E-state index in [9.17, 15) is 0 Å². The Labute approximate surface area is 364 Å². The van der Waals surface area contributed by atoms with Crippen molar-refractivity contribution < 1.29 is 4.42 Å². The number of hydrogen-bond acceptors (Lipinski definition) is 3. The average Bonchev–Trinajstić information content (AvgIpc) is 3.90. The van der Waals surface area contributed by atoms with Crippen LogP contribution in [0.3, 0.4) is 0 Å². The Balaban J connectivity index is 1.16. The van der Waals surface area contributed by atoms with E-state index in [1.807, 2.05) is 17.4 Å². The van der Waals surface area contributed by atoms with Gasteiger partial charge in [-0.3, -0.25) is 0 Å². The summed E-state index contributed by atoms with van der Waals surface area (Å²) >= 11 is 1.90. The second-order valence-electron chi connectivity index (χ2n) is 16.5. The van der Waals surface area contributed by atoms with E-state index < -0.39 is 0 Å². The summed E-state index contributed by atoms with van der Waals surface area (Å²) in [6, 6.07) is 71.0. The molecule has 0 saturated heterocycles. The molecule has 0 fully saturated rings. The van der Waals surface area contributed by atoms with Crippen molar-refractivity contribution in [2.24, 2.45) is 5.92 Å². The molecule has 1 aliphatic rings. The summed E-state index contributed by atoms with van der Waals surface area (Å²) < 4.78 is 8.92. The van der Waals surface area contributed by atoms with Crippen LogP contribution in [0.4, 0.5) is 17.1 Å². The van der Waals surface area contributed by atoms with Gasteiger partial charge in [0.05, 0.1) is 5.69 Å². The third-order valence-corrected chi connectivity index (χ3v) is 13.8. The number of thiophene rings is 1. The zero-order valence-electron chi connectivity index (χ0n) is 34.3. The first-order valence-electron chi connectivity index (χ1n) is 21.5. The van der Waals surface area contributed by atoms with Crippen LogP contribution in [0.2, 0.25) is 0 Å². The molecule has 0 aliphatic heterocycles. The lowest BCUT2D eigenvalue weighted by molar-refractivity contribution is 0.669. The van der Waals surface area contributed by atoms with Gasteiger partial charge in [-0.2, -0.15) is 0 Å². The first kappa shape index (κ1) is 36.4. The second kappa shape index (κ2) is 14.9. The normalized spacial score (nSPS) is 14.0. The van der Waals surface area contributed by atoms with E-state index in [0.29, 0.717) is 5.92 Å². The summed E-state index contributed by atoms with van der Waals surface area (Å²) in [4.78, 5) is 2.47. The lowest BCUT2D eigenvalue weighted by Crippen LogP contribution is -2.10. The summed E-state index contributed by atoms with van der Waals surface area (Å²) in [6.45, 7) is 2.35. The number of hydrogen-bond donors (Lipinski definition) is 0. The minimum Gasteiger partial charge on any atom is -0.456 e. The first-order chi connectivity index (χ1) is 30.6. The van der Waals surface area contributed by atoms with Crippen molar-refractivity contribution in [2.75, 3.05) is 4.90 Å². The largest absolute Gasteiger partial charge is 0.456 e. The number of rotatable bonds is 7. The van der Waals surface area contributed by atoms with Crippen LogP contribution in [-0.2, 0) is 0 Å². The number of fused-ring (bicyclic) bond motifs is 7. The molecule has 3 heteroatoms. The summed E-state index contributed by atoms with van der Waals surface area (Å²) in [6.07, 6.45) is 7.86. The topological polar surface area (TPSA) is 16.4 Å². The first-order valence-corrected chi connectivity index (χ1v) is 22.3. The van der Waals surface area contributed by atoms with Crippen LogP contribution in [0.25, 0.3) is 91.8 Å². The van der Waals surface area contributed by atoms with Crippen molar-refractivity contribution in [3.8, 4) is 33.4 Å². The van der Waals surface area contributed by atoms with Crippen LogP contribution < -0.4 is 4.90 Å². The molecule has 12 rings (SSSR count). The van der Waals surface area contributed by atoms with Gasteiger partial charge in [-0.1, -0.05) is 146 Å². The van der Waals surface area contributed by atoms with Crippen LogP contribution >= 0.6 is 11.3 Å². The Hall–Kier alpha value is -7.46. The molecule has 1 aliphatic carbocycles. The molecule has 0 N–H and O–H groups in total. The number of nitrogens with zero attached hydrogens (tertiary/aromatic N) is 1. The number of furan rings is 1. The van der Waals surface area contributed by atoms with Crippen molar-refractivity contribution in [1.29, 1.82) is 0 Å². The molecule has 0 saturated carbocycles. The third kappa shape index (κ3) is 6.24. The summed E-state index contributed by atoms with van der Waals surface area (Å²) in [5.74, 6) is 0.433. The summed E-state index contributed by atoms with van der Waals surface area (Å²) in [7, 11) is 0. The molecule has 2 nitrogen and oxygen atoms in total. The number of allylic oxidation sites excluding steroid dienone is 4. The molecule has 62 heavy (non-hydrogen) atoms. The molecular formula is C59H41NOS. The van der Waals surface area contributed by atoms with E-state index in [-0.39, 0.29) is 0 Å². The van der Waals surface area contributed by atoms with E-state index in [0.717, 1.165) is 45.4 Å². The number of anilines is 3. The highest BCUT2D eigenvalue weighted by Crippen LogP contribution is 2.50. The Kier molecular flexibility index (Phi) is 8.76. The van der Waals surface area contributed by atoms with Gasteiger partial charge in [-0.25, -0.2) is 0 Å². The molecule has 11 aromatic rings. The van der Waals surface area contributed by atoms with Crippen molar-refractivity contribution in [1.82, 2.24) is 0 Å². The lowest BCUT2D eigenvalue weighted by Gasteiger charge is -2.28. The average molecular weight is 812 g/mol. The molecule has 294 valence electrons. The van der Waals surface area contributed by atoms with Gasteiger partial charge >= 0.3 is 0 Å². The fourth-order valence-electron chi connectivity index (χ4n) is 9.57. The van der Waals surface area contributed by atoms with Gasteiger partial charge in [-0.15, -0.1) is 11.3 Å². The Bertz CT molecular complexity index is 3570. The lowest BCUT2D eigenvalue weighted by atomic mass is 9.85. The second-order valence-corrected chi connectivity index (χ2v) is 17.6. The van der Waals surface area contributed by atoms with Crippen molar-refractivity contribution in [2.45, 2.75) is 13.3 Å². The van der Waals surface area contributed by atoms with E-state index in [1.165, 1.54) is 75.5 Å². The molecule has 0 amide bonds. The SMILES string of the molecule is CC1CC=CC=C1c1cc(-c2ccccc2)cc(-c2ccc(N(c3cccc(-c4ccccc4)c3)c3ccc4oc5ccccc5c4c3)c3c2sc2cc4ccccc4cc23)c1. The minimum atomic E-state index is 0.433. The van der Waals surface area contributed by atoms with Gasteiger partial charge in [0, 0.05) is 42.3 Å². The molecule has 0 bridgehead atoms. The van der Waals surface area contributed by atoms with Gasteiger partial charge in [0.1, 0.15) is 11.2 Å². The van der Waals surface area contributed by atoms with Crippen LogP contribution in [0.5, 0.6) is 0 Å². The third-order valence-electron chi connectivity index (χ3n) is 12.7. The van der Waals surface area contributed by atoms with Gasteiger partial charge in [0.25, 0.3) is 0 Å². The molecule has 9 aromatic carbocycles. The van der Waals surface area contributed by atoms with Crippen molar-refractivity contribution >= 4 is 86.9 Å². The standard InChI is InChI=1S/C59H41NOS/c1-38-15-8-11-24-49(38)45-31-44(40-18-6-3-7-19-40)32-46(33-45)50-28-29-54(58-53-35-42-20-9-10-21-43(42)36-57(53)62-59(50)58)60(47-23-14-22-41(34-47)39-16-4-2-5-17-39)48-27-30-56-52(37-48)51-25-12-13-26-55(51)61-56/h2-14,16-38H,15H2,1H3. The highest BCUT2D eigenvalue weighted by atomic mass is 32.1. The minimum absolute atomic E-state index is 0.433. The highest BCUT2D eigenvalue weighted by Gasteiger charge is 2.24. The molecule has 1 atom stereocenters. The zero-order chi connectivity index (χ0) is 41.1. The highest BCUT2D eigenvalue weighted by molar-refractivity contribution is 7.26. The van der Waals surface area contributed by atoms with E-state index in [2.05, 4.69) is 218 Å². The fraction of sp³-hybridized carbons (Fsp3) is 0.0508. The van der Waals surface area contributed by atoms with Crippen LogP contribution in [0, 0.1) is 5.92 Å². The molecule has 0 spiro atoms. The molecule has 1 unspecified atom stereocenters. The predicted octanol–water partition coefficient (Wildman–Crippen LogP) is 17.6. The van der Waals surface area contributed by atoms with Crippen molar-refractivity contribution in [3.63, 3.8) is 0 Å². The fourth-order valence-corrected chi connectivity index (χ4v) is 10.9. The Morgan fingerprint density at radius 1 is 0.500 bits per heavy atom. The van der Waals surface area contributed by atoms with Gasteiger partial charge in [0.2, 0.25) is 0 Å². The Morgan fingerprint density at radius 3 is 2.00 bits per heavy atom. The van der Waals surface area contributed by atoms with E-state index in [4.69, 9.17) is 4.42 Å². The maximum Gasteiger partial charge on any atom is 0.135 e. The number of para-hydroxylation sites is 1. The van der Waals surface area contributed by atoms with Crippen LogP contribution in [0.15, 0.2) is 217 Å².